The molecule has 9 nitrogen and oxygen atoms in total. The second kappa shape index (κ2) is 9.26. The van der Waals surface area contributed by atoms with E-state index >= 15 is 0 Å². The quantitative estimate of drug-likeness (QED) is 0.638. The van der Waals surface area contributed by atoms with Gasteiger partial charge >= 0.3 is 0 Å². The van der Waals surface area contributed by atoms with Crippen LogP contribution in [0.25, 0.3) is 0 Å². The number of likely N-dealkylation sites (tertiary alicyclic amines) is 1. The standard InChI is InChI=1S/C22H19FN6O3/c23-16-1-5-18(6-2-16)32-19-7-3-17(4-8-19)27-22(31)20-9-15(10-24)11-29(20)21(30)12-28-14-25-13-26-28/h1-8,13-15,20H,9,11-12H2,(H,27,31). The minimum atomic E-state index is -0.759. The van der Waals surface area contributed by atoms with Crippen molar-refractivity contribution in [1.29, 1.82) is 5.26 Å². The Hall–Kier alpha value is -4.26. The number of benzene rings is 2. The average molecular weight is 434 g/mol. The maximum Gasteiger partial charge on any atom is 0.247 e. The van der Waals surface area contributed by atoms with Crippen molar-refractivity contribution < 1.29 is 18.7 Å². The van der Waals surface area contributed by atoms with E-state index in [1.807, 2.05) is 0 Å². The van der Waals surface area contributed by atoms with E-state index in [2.05, 4.69) is 21.5 Å². The summed E-state index contributed by atoms with van der Waals surface area (Å²) in [7, 11) is 0. The molecule has 1 N–H and O–H groups in total. The molecule has 1 fully saturated rings. The van der Waals surface area contributed by atoms with Gasteiger partial charge in [0.15, 0.2) is 0 Å². The van der Waals surface area contributed by atoms with Crippen molar-refractivity contribution in [2.24, 2.45) is 5.92 Å². The first-order valence-electron chi connectivity index (χ1n) is 9.87. The molecule has 3 aromatic rings. The van der Waals surface area contributed by atoms with Gasteiger partial charge in [-0.25, -0.2) is 14.1 Å². The summed E-state index contributed by atoms with van der Waals surface area (Å²) in [6.45, 7) is 0.129. The summed E-state index contributed by atoms with van der Waals surface area (Å²) in [6.07, 6.45) is 3.00. The molecule has 1 aliphatic rings. The Morgan fingerprint density at radius 3 is 2.47 bits per heavy atom. The minimum absolute atomic E-state index is 0.0582. The van der Waals surface area contributed by atoms with E-state index in [0.29, 0.717) is 17.2 Å². The van der Waals surface area contributed by atoms with Gasteiger partial charge in [-0.1, -0.05) is 0 Å². The zero-order valence-electron chi connectivity index (χ0n) is 16.9. The molecule has 0 spiro atoms. The molecular weight excluding hydrogens is 415 g/mol. The molecule has 0 bridgehead atoms. The number of anilines is 1. The van der Waals surface area contributed by atoms with Gasteiger partial charge in [0.25, 0.3) is 0 Å². The number of aromatic nitrogens is 3. The molecule has 2 amide bonds. The van der Waals surface area contributed by atoms with Crippen molar-refractivity contribution in [3.63, 3.8) is 0 Å². The SMILES string of the molecule is N#CC1CC(C(=O)Nc2ccc(Oc3ccc(F)cc3)cc2)N(C(=O)Cn2cncn2)C1. The highest BCUT2D eigenvalue weighted by Gasteiger charge is 2.39. The van der Waals surface area contributed by atoms with Crippen LogP contribution in [0.3, 0.4) is 0 Å². The van der Waals surface area contributed by atoms with Crippen molar-refractivity contribution in [2.45, 2.75) is 19.0 Å². The Balaban J connectivity index is 1.40. The number of nitrogens with zero attached hydrogens (tertiary/aromatic N) is 5. The number of hydrogen-bond donors (Lipinski definition) is 1. The molecule has 2 heterocycles. The van der Waals surface area contributed by atoms with Crippen LogP contribution >= 0.6 is 0 Å². The van der Waals surface area contributed by atoms with Gasteiger partial charge in [0.05, 0.1) is 12.0 Å². The predicted molar refractivity (Wildman–Crippen MR) is 111 cm³/mol. The van der Waals surface area contributed by atoms with Crippen LogP contribution in [0.4, 0.5) is 10.1 Å². The summed E-state index contributed by atoms with van der Waals surface area (Å²) >= 11 is 0. The van der Waals surface area contributed by atoms with Crippen LogP contribution in [0, 0.1) is 23.1 Å². The number of amides is 2. The number of hydrogen-bond acceptors (Lipinski definition) is 6. The average Bonchev–Trinajstić information content (AvgIpc) is 3.46. The monoisotopic (exact) mass is 434 g/mol. The molecule has 32 heavy (non-hydrogen) atoms. The second-order valence-electron chi connectivity index (χ2n) is 7.29. The van der Waals surface area contributed by atoms with Gasteiger partial charge in [0.2, 0.25) is 11.8 Å². The first-order chi connectivity index (χ1) is 15.5. The van der Waals surface area contributed by atoms with Gasteiger partial charge in [0, 0.05) is 12.2 Å². The lowest BCUT2D eigenvalue weighted by Crippen LogP contribution is -2.44. The molecule has 0 radical (unpaired) electrons. The van der Waals surface area contributed by atoms with E-state index in [-0.39, 0.29) is 37.1 Å². The maximum atomic E-state index is 13.0. The van der Waals surface area contributed by atoms with Gasteiger partial charge in [-0.15, -0.1) is 0 Å². The number of ether oxygens (including phenoxy) is 1. The van der Waals surface area contributed by atoms with Crippen LogP contribution in [0.1, 0.15) is 6.42 Å². The second-order valence-corrected chi connectivity index (χ2v) is 7.29. The fourth-order valence-electron chi connectivity index (χ4n) is 3.47. The van der Waals surface area contributed by atoms with Crippen LogP contribution in [-0.4, -0.2) is 44.1 Å². The first-order valence-corrected chi connectivity index (χ1v) is 9.87. The van der Waals surface area contributed by atoms with Gasteiger partial charge in [-0.3, -0.25) is 9.59 Å². The number of carbonyl (C=O) groups is 2. The lowest BCUT2D eigenvalue weighted by atomic mass is 10.1. The summed E-state index contributed by atoms with van der Waals surface area (Å²) < 4.78 is 20.0. The Bertz CT molecular complexity index is 1130. The molecule has 2 aromatic carbocycles. The Kier molecular flexibility index (Phi) is 6.07. The predicted octanol–water partition coefficient (Wildman–Crippen LogP) is 2.59. The topological polar surface area (TPSA) is 113 Å². The molecule has 1 aliphatic heterocycles. The van der Waals surface area contributed by atoms with Crippen LogP contribution in [0.15, 0.2) is 61.2 Å². The van der Waals surface area contributed by atoms with Crippen molar-refractivity contribution in [1.82, 2.24) is 19.7 Å². The maximum absolute atomic E-state index is 13.0. The molecule has 4 rings (SSSR count). The van der Waals surface area contributed by atoms with Gasteiger partial charge in [-0.2, -0.15) is 10.4 Å². The van der Waals surface area contributed by atoms with E-state index in [1.54, 1.807) is 24.3 Å². The van der Waals surface area contributed by atoms with Crippen molar-refractivity contribution in [3.8, 4) is 17.6 Å². The molecule has 0 saturated carbocycles. The van der Waals surface area contributed by atoms with E-state index in [9.17, 15) is 19.2 Å². The zero-order chi connectivity index (χ0) is 22.5. The smallest absolute Gasteiger partial charge is 0.247 e. The Morgan fingerprint density at radius 2 is 1.84 bits per heavy atom. The minimum Gasteiger partial charge on any atom is -0.457 e. The lowest BCUT2D eigenvalue weighted by Gasteiger charge is -2.23. The molecule has 162 valence electrons. The normalized spacial score (nSPS) is 17.6. The van der Waals surface area contributed by atoms with Crippen molar-refractivity contribution >= 4 is 17.5 Å². The van der Waals surface area contributed by atoms with Gasteiger partial charge < -0.3 is 15.0 Å². The van der Waals surface area contributed by atoms with Gasteiger partial charge in [-0.05, 0) is 55.0 Å². The molecule has 2 atom stereocenters. The van der Waals surface area contributed by atoms with E-state index in [4.69, 9.17) is 4.74 Å². The summed E-state index contributed by atoms with van der Waals surface area (Å²) in [5, 5.41) is 16.0. The molecular formula is C22H19FN6O3. The fourth-order valence-corrected chi connectivity index (χ4v) is 3.47. The molecule has 0 aliphatic carbocycles. The highest BCUT2D eigenvalue weighted by atomic mass is 19.1. The van der Waals surface area contributed by atoms with Crippen molar-refractivity contribution in [3.05, 3.63) is 67.0 Å². The number of nitrogens with one attached hydrogen (secondary N) is 1. The number of nitriles is 1. The summed E-state index contributed by atoms with van der Waals surface area (Å²) in [4.78, 5) is 30.8. The van der Waals surface area contributed by atoms with E-state index in [0.717, 1.165) is 0 Å². The Labute approximate surface area is 183 Å². The summed E-state index contributed by atoms with van der Waals surface area (Å²) in [5.41, 5.74) is 0.519. The van der Waals surface area contributed by atoms with Crippen molar-refractivity contribution in [2.75, 3.05) is 11.9 Å². The number of carbonyl (C=O) groups excluding carboxylic acids is 2. The molecule has 1 saturated heterocycles. The number of rotatable bonds is 6. The highest BCUT2D eigenvalue weighted by molar-refractivity contribution is 5.97. The largest absolute Gasteiger partial charge is 0.457 e. The third-order valence-corrected chi connectivity index (χ3v) is 5.04. The summed E-state index contributed by atoms with van der Waals surface area (Å²) in [5.74, 6) is -0.451. The zero-order valence-corrected chi connectivity index (χ0v) is 16.9. The number of halogens is 1. The van der Waals surface area contributed by atoms with Crippen LogP contribution in [0.5, 0.6) is 11.5 Å². The van der Waals surface area contributed by atoms with Crippen LogP contribution in [0.2, 0.25) is 0 Å². The van der Waals surface area contributed by atoms with E-state index < -0.39 is 12.0 Å². The van der Waals surface area contributed by atoms with Gasteiger partial charge in [0.1, 0.15) is 42.6 Å². The lowest BCUT2D eigenvalue weighted by molar-refractivity contribution is -0.137. The third-order valence-electron chi connectivity index (χ3n) is 5.04. The first kappa shape index (κ1) is 21.0. The highest BCUT2D eigenvalue weighted by Crippen LogP contribution is 2.26. The summed E-state index contributed by atoms with van der Waals surface area (Å²) in [6, 6.07) is 13.7. The van der Waals surface area contributed by atoms with Crippen LogP contribution < -0.4 is 10.1 Å². The molecule has 1 aromatic heterocycles. The molecule has 10 heteroatoms. The molecule has 2 unspecified atom stereocenters. The third kappa shape index (κ3) is 4.89. The van der Waals surface area contributed by atoms with Crippen LogP contribution in [-0.2, 0) is 16.1 Å². The van der Waals surface area contributed by atoms with E-state index in [1.165, 1.54) is 46.5 Å². The fraction of sp³-hybridized carbons (Fsp3) is 0.227. The Morgan fingerprint density at radius 1 is 1.16 bits per heavy atom.